The van der Waals surface area contributed by atoms with E-state index in [2.05, 4.69) is 18.1 Å². The smallest absolute Gasteiger partial charge is 0.159 e. The molecule has 0 aliphatic heterocycles. The maximum absolute atomic E-state index is 9.05. The van der Waals surface area contributed by atoms with Crippen LogP contribution in [0.15, 0.2) is 18.3 Å². The second-order valence-electron chi connectivity index (χ2n) is 3.92. The zero-order valence-corrected chi connectivity index (χ0v) is 10.0. The third kappa shape index (κ3) is 1.78. The summed E-state index contributed by atoms with van der Waals surface area (Å²) in [4.78, 5) is 0. The van der Waals surface area contributed by atoms with Crippen LogP contribution in [0, 0.1) is 18.3 Å². The normalized spacial score (nSPS) is 10.4. The number of nitrogens with zero attached hydrogens (tertiary/aromatic N) is 4. The monoisotopic (exact) mass is 229 g/mol. The molecular weight excluding hydrogens is 214 g/mol. The summed E-state index contributed by atoms with van der Waals surface area (Å²) in [5.41, 5.74) is 8.03. The number of hydrogen-bond donors (Lipinski definition) is 1. The average molecular weight is 229 g/mol. The fourth-order valence-electron chi connectivity index (χ4n) is 1.86. The fraction of sp³-hybridized carbons (Fsp3) is 0.333. The van der Waals surface area contributed by atoms with Gasteiger partial charge in [0.15, 0.2) is 5.82 Å². The third-order valence-corrected chi connectivity index (χ3v) is 2.67. The van der Waals surface area contributed by atoms with Gasteiger partial charge in [-0.1, -0.05) is 6.92 Å². The summed E-state index contributed by atoms with van der Waals surface area (Å²) in [6, 6.07) is 5.74. The van der Waals surface area contributed by atoms with Gasteiger partial charge in [0.1, 0.15) is 11.8 Å². The van der Waals surface area contributed by atoms with Crippen molar-refractivity contribution in [1.82, 2.24) is 14.3 Å². The Morgan fingerprint density at radius 2 is 2.29 bits per heavy atom. The highest BCUT2D eigenvalue weighted by Crippen LogP contribution is 2.23. The lowest BCUT2D eigenvalue weighted by molar-refractivity contribution is 0.584. The predicted molar refractivity (Wildman–Crippen MR) is 65.7 cm³/mol. The molecule has 0 fully saturated rings. The zero-order valence-electron chi connectivity index (χ0n) is 10.0. The lowest BCUT2D eigenvalue weighted by atomic mass is 10.3. The van der Waals surface area contributed by atoms with E-state index in [1.54, 1.807) is 10.6 Å². The molecule has 0 aromatic carbocycles. The highest BCUT2D eigenvalue weighted by Gasteiger charge is 2.15. The molecule has 0 aliphatic carbocycles. The topological polar surface area (TPSA) is 72.6 Å². The summed E-state index contributed by atoms with van der Waals surface area (Å²) in [7, 11) is 0. The number of hydrogen-bond acceptors (Lipinski definition) is 3. The van der Waals surface area contributed by atoms with E-state index in [0.29, 0.717) is 11.4 Å². The molecule has 0 aliphatic rings. The zero-order chi connectivity index (χ0) is 12.4. The van der Waals surface area contributed by atoms with Crippen molar-refractivity contribution >= 4 is 5.69 Å². The van der Waals surface area contributed by atoms with Gasteiger partial charge >= 0.3 is 0 Å². The molecule has 2 rings (SSSR count). The van der Waals surface area contributed by atoms with Gasteiger partial charge < -0.3 is 5.73 Å². The minimum Gasteiger partial charge on any atom is -0.394 e. The summed E-state index contributed by atoms with van der Waals surface area (Å²) in [5.74, 6) is 0.783. The molecule has 88 valence electrons. The summed E-state index contributed by atoms with van der Waals surface area (Å²) in [6.45, 7) is 4.74. The Bertz CT molecular complexity index is 570. The molecule has 0 bridgehead atoms. The number of rotatable bonds is 3. The largest absolute Gasteiger partial charge is 0.394 e. The quantitative estimate of drug-likeness (QED) is 0.872. The lowest BCUT2D eigenvalue weighted by Gasteiger charge is -2.09. The molecule has 0 atom stereocenters. The van der Waals surface area contributed by atoms with Crippen molar-refractivity contribution in [2.45, 2.75) is 26.8 Å². The van der Waals surface area contributed by atoms with Crippen molar-refractivity contribution in [3.63, 3.8) is 0 Å². The number of aromatic nitrogens is 3. The summed E-state index contributed by atoms with van der Waals surface area (Å²) in [5, 5.41) is 13.4. The Hall–Kier alpha value is -2.22. The van der Waals surface area contributed by atoms with Crippen LogP contribution in [-0.4, -0.2) is 14.3 Å². The van der Waals surface area contributed by atoms with E-state index in [-0.39, 0.29) is 0 Å². The third-order valence-electron chi connectivity index (χ3n) is 2.67. The summed E-state index contributed by atoms with van der Waals surface area (Å²) < 4.78 is 3.64. The average Bonchev–Trinajstić information content (AvgIpc) is 2.86. The molecular formula is C12H15N5. The molecule has 2 aromatic heterocycles. The van der Waals surface area contributed by atoms with Gasteiger partial charge in [-0.3, -0.25) is 4.57 Å². The van der Waals surface area contributed by atoms with E-state index < -0.39 is 0 Å². The van der Waals surface area contributed by atoms with Crippen molar-refractivity contribution in [3.05, 3.63) is 29.7 Å². The van der Waals surface area contributed by atoms with Crippen LogP contribution in [0.2, 0.25) is 0 Å². The standard InChI is InChI=1S/C12H15N5/c1-3-6-17-12(11(14)9(2)15-17)16-7-4-5-10(16)8-13/h4-5,7H,3,6,14H2,1-2H3. The Morgan fingerprint density at radius 1 is 1.53 bits per heavy atom. The molecule has 5 heteroatoms. The Balaban J connectivity index is 2.62. The second-order valence-corrected chi connectivity index (χ2v) is 3.92. The van der Waals surface area contributed by atoms with E-state index in [9.17, 15) is 0 Å². The van der Waals surface area contributed by atoms with E-state index in [1.807, 2.05) is 23.9 Å². The number of anilines is 1. The molecule has 0 saturated carbocycles. The maximum atomic E-state index is 9.05. The van der Waals surface area contributed by atoms with Gasteiger partial charge in [-0.15, -0.1) is 0 Å². The summed E-state index contributed by atoms with van der Waals surface area (Å²) in [6.07, 6.45) is 2.80. The van der Waals surface area contributed by atoms with Crippen LogP contribution in [0.25, 0.3) is 5.82 Å². The number of nitrogens with two attached hydrogens (primary N) is 1. The molecule has 2 aromatic rings. The van der Waals surface area contributed by atoms with Crippen molar-refractivity contribution in [3.8, 4) is 11.9 Å². The summed E-state index contributed by atoms with van der Waals surface area (Å²) >= 11 is 0. The first kappa shape index (κ1) is 11.3. The minimum atomic E-state index is 0.564. The fourth-order valence-corrected chi connectivity index (χ4v) is 1.86. The van der Waals surface area contributed by atoms with Crippen LogP contribution in [0.4, 0.5) is 5.69 Å². The Labute approximate surface area is 100 Å². The van der Waals surface area contributed by atoms with Gasteiger partial charge in [-0.25, -0.2) is 4.68 Å². The van der Waals surface area contributed by atoms with E-state index >= 15 is 0 Å². The molecule has 17 heavy (non-hydrogen) atoms. The van der Waals surface area contributed by atoms with Crippen molar-refractivity contribution in [2.75, 3.05) is 5.73 Å². The van der Waals surface area contributed by atoms with Crippen LogP contribution in [0.1, 0.15) is 24.7 Å². The van der Waals surface area contributed by atoms with E-state index in [4.69, 9.17) is 11.0 Å². The first-order chi connectivity index (χ1) is 8.19. The van der Waals surface area contributed by atoms with E-state index in [0.717, 1.165) is 24.5 Å². The number of nitrogen functional groups attached to an aromatic ring is 1. The Morgan fingerprint density at radius 3 is 2.94 bits per heavy atom. The number of nitriles is 1. The molecule has 0 saturated heterocycles. The maximum Gasteiger partial charge on any atom is 0.159 e. The minimum absolute atomic E-state index is 0.564. The van der Waals surface area contributed by atoms with Gasteiger partial charge in [0.25, 0.3) is 0 Å². The first-order valence-corrected chi connectivity index (χ1v) is 5.59. The van der Waals surface area contributed by atoms with Crippen molar-refractivity contribution in [2.24, 2.45) is 0 Å². The molecule has 2 heterocycles. The van der Waals surface area contributed by atoms with Crippen LogP contribution < -0.4 is 5.73 Å². The van der Waals surface area contributed by atoms with E-state index in [1.165, 1.54) is 0 Å². The molecule has 0 spiro atoms. The van der Waals surface area contributed by atoms with Crippen LogP contribution in [-0.2, 0) is 6.54 Å². The van der Waals surface area contributed by atoms with Gasteiger partial charge in [-0.2, -0.15) is 10.4 Å². The molecule has 0 unspecified atom stereocenters. The highest BCUT2D eigenvalue weighted by molar-refractivity contribution is 5.58. The number of aryl methyl sites for hydroxylation is 2. The van der Waals surface area contributed by atoms with Gasteiger partial charge in [0.05, 0.1) is 11.4 Å². The van der Waals surface area contributed by atoms with Crippen molar-refractivity contribution in [1.29, 1.82) is 5.26 Å². The SMILES string of the molecule is CCCn1nc(C)c(N)c1-n1cccc1C#N. The Kier molecular flexibility index (Phi) is 2.88. The van der Waals surface area contributed by atoms with Crippen LogP contribution >= 0.6 is 0 Å². The molecule has 0 amide bonds. The second kappa shape index (κ2) is 4.34. The highest BCUT2D eigenvalue weighted by atomic mass is 15.4. The van der Waals surface area contributed by atoms with Gasteiger partial charge in [0, 0.05) is 12.7 Å². The molecule has 0 radical (unpaired) electrons. The predicted octanol–water partition coefficient (Wildman–Crippen LogP) is 1.85. The van der Waals surface area contributed by atoms with Gasteiger partial charge in [0.2, 0.25) is 0 Å². The molecule has 5 nitrogen and oxygen atoms in total. The first-order valence-electron chi connectivity index (χ1n) is 5.59. The van der Waals surface area contributed by atoms with Crippen LogP contribution in [0.5, 0.6) is 0 Å². The lowest BCUT2D eigenvalue weighted by Crippen LogP contribution is -2.09. The molecule has 2 N–H and O–H groups in total. The van der Waals surface area contributed by atoms with Crippen molar-refractivity contribution < 1.29 is 0 Å². The van der Waals surface area contributed by atoms with Gasteiger partial charge in [-0.05, 0) is 25.5 Å². The van der Waals surface area contributed by atoms with Crippen LogP contribution in [0.3, 0.4) is 0 Å².